The number of nitrogens with zero attached hydrogens (tertiary/aromatic N) is 1. The van der Waals surface area contributed by atoms with Crippen molar-refractivity contribution in [2.45, 2.75) is 25.4 Å². The van der Waals surface area contributed by atoms with Crippen molar-refractivity contribution in [3.63, 3.8) is 0 Å². The van der Waals surface area contributed by atoms with Crippen LogP contribution in [0, 0.1) is 5.92 Å². The van der Waals surface area contributed by atoms with Crippen molar-refractivity contribution in [3.8, 4) is 0 Å². The van der Waals surface area contributed by atoms with E-state index in [1.54, 1.807) is 0 Å². The molecule has 0 aromatic heterocycles. The minimum atomic E-state index is 0. The van der Waals surface area contributed by atoms with E-state index in [0.717, 1.165) is 34.1 Å². The lowest BCUT2D eigenvalue weighted by Crippen LogP contribution is -2.39. The first-order chi connectivity index (χ1) is 8.11. The number of nitrogens with two attached hydrogens (primary N) is 1. The van der Waals surface area contributed by atoms with Gasteiger partial charge in [-0.2, -0.15) is 0 Å². The third kappa shape index (κ3) is 4.10. The monoisotopic (exact) mass is 352 g/mol. The average Bonchev–Trinajstić information content (AvgIpc) is 3.08. The lowest BCUT2D eigenvalue weighted by molar-refractivity contribution is 0.215. The molecule has 1 aromatic carbocycles. The van der Waals surface area contributed by atoms with Gasteiger partial charge in [0.1, 0.15) is 0 Å². The van der Waals surface area contributed by atoms with E-state index in [-0.39, 0.29) is 12.4 Å². The molecule has 102 valence electrons. The van der Waals surface area contributed by atoms with Gasteiger partial charge in [0.25, 0.3) is 0 Å². The van der Waals surface area contributed by atoms with Gasteiger partial charge >= 0.3 is 0 Å². The maximum absolute atomic E-state index is 6.23. The van der Waals surface area contributed by atoms with Crippen LogP contribution in [-0.2, 0) is 6.54 Å². The summed E-state index contributed by atoms with van der Waals surface area (Å²) in [5.74, 6) is 0.791. The average molecular weight is 354 g/mol. The van der Waals surface area contributed by atoms with Crippen LogP contribution < -0.4 is 5.73 Å². The van der Waals surface area contributed by atoms with Gasteiger partial charge in [-0.25, -0.2) is 0 Å². The number of rotatable bonds is 5. The lowest BCUT2D eigenvalue weighted by atomic mass is 10.1. The van der Waals surface area contributed by atoms with Crippen molar-refractivity contribution in [1.82, 2.24) is 4.90 Å². The number of hydrogen-bond acceptors (Lipinski definition) is 2. The van der Waals surface area contributed by atoms with E-state index >= 15 is 0 Å². The summed E-state index contributed by atoms with van der Waals surface area (Å²) < 4.78 is 1.02. The Hall–Kier alpha value is 0.200. The molecule has 1 fully saturated rings. The quantitative estimate of drug-likeness (QED) is 0.874. The number of likely N-dealkylation sites (N-methyl/N-ethyl adjacent to an activating group) is 1. The van der Waals surface area contributed by atoms with Crippen molar-refractivity contribution in [3.05, 3.63) is 33.3 Å². The van der Waals surface area contributed by atoms with E-state index in [1.807, 2.05) is 12.1 Å². The molecule has 2 N–H and O–H groups in total. The second kappa shape index (κ2) is 7.11. The Kier molecular flexibility index (Phi) is 6.42. The zero-order valence-corrected chi connectivity index (χ0v) is 13.6. The van der Waals surface area contributed by atoms with Gasteiger partial charge in [0, 0.05) is 28.6 Å². The Morgan fingerprint density at radius 1 is 1.50 bits per heavy atom. The summed E-state index contributed by atoms with van der Waals surface area (Å²) in [7, 11) is 2.13. The number of benzene rings is 1. The summed E-state index contributed by atoms with van der Waals surface area (Å²) in [4.78, 5) is 2.33. The van der Waals surface area contributed by atoms with Crippen LogP contribution in [0.2, 0.25) is 5.02 Å². The second-order valence-corrected chi connectivity index (χ2v) is 6.11. The SMILES string of the molecule is CN(Cc1ccc(Br)cc1Cl)C(CN)C1CC1.Cl. The van der Waals surface area contributed by atoms with Gasteiger partial charge in [0.2, 0.25) is 0 Å². The molecule has 0 aliphatic heterocycles. The predicted octanol–water partition coefficient (Wildman–Crippen LogP) is 3.69. The Morgan fingerprint density at radius 2 is 2.17 bits per heavy atom. The van der Waals surface area contributed by atoms with Crippen LogP contribution >= 0.6 is 39.9 Å². The standard InChI is InChI=1S/C13H18BrClN2.ClH/c1-17(13(7-16)9-2-3-9)8-10-4-5-11(14)6-12(10)15;/h4-6,9,13H,2-3,7-8,16H2,1H3;1H. The number of hydrogen-bond donors (Lipinski definition) is 1. The first kappa shape index (κ1) is 16.3. The molecule has 0 bridgehead atoms. The van der Waals surface area contributed by atoms with Crippen LogP contribution in [0.25, 0.3) is 0 Å². The summed E-state index contributed by atoms with van der Waals surface area (Å²) in [6, 6.07) is 6.54. The van der Waals surface area contributed by atoms with Crippen molar-refractivity contribution < 1.29 is 0 Å². The molecule has 1 aliphatic carbocycles. The van der Waals surface area contributed by atoms with Gasteiger partial charge in [-0.15, -0.1) is 12.4 Å². The van der Waals surface area contributed by atoms with Gasteiger partial charge in [0.05, 0.1) is 0 Å². The fraction of sp³-hybridized carbons (Fsp3) is 0.538. The number of halogens is 3. The molecule has 5 heteroatoms. The smallest absolute Gasteiger partial charge is 0.0462 e. The highest BCUT2D eigenvalue weighted by Crippen LogP contribution is 2.35. The zero-order chi connectivity index (χ0) is 12.4. The summed E-state index contributed by atoms with van der Waals surface area (Å²) in [6.45, 7) is 1.60. The van der Waals surface area contributed by atoms with Gasteiger partial charge in [-0.3, -0.25) is 4.90 Å². The summed E-state index contributed by atoms with van der Waals surface area (Å²) in [5, 5.41) is 0.817. The van der Waals surface area contributed by atoms with Gasteiger partial charge < -0.3 is 5.73 Å². The minimum absolute atomic E-state index is 0. The first-order valence-corrected chi connectivity index (χ1v) is 7.13. The molecule has 1 unspecified atom stereocenters. The Balaban J connectivity index is 0.00000162. The lowest BCUT2D eigenvalue weighted by Gasteiger charge is -2.27. The van der Waals surface area contributed by atoms with Crippen LogP contribution in [-0.4, -0.2) is 24.5 Å². The molecule has 0 heterocycles. The van der Waals surface area contributed by atoms with E-state index in [2.05, 4.69) is 33.9 Å². The van der Waals surface area contributed by atoms with Crippen LogP contribution in [0.15, 0.2) is 22.7 Å². The third-order valence-corrected chi connectivity index (χ3v) is 4.25. The first-order valence-electron chi connectivity index (χ1n) is 5.96. The third-order valence-electron chi connectivity index (χ3n) is 3.41. The van der Waals surface area contributed by atoms with E-state index in [9.17, 15) is 0 Å². The topological polar surface area (TPSA) is 29.3 Å². The fourth-order valence-corrected chi connectivity index (χ4v) is 2.98. The molecule has 1 atom stereocenters. The molecular formula is C13H19BrCl2N2. The second-order valence-electron chi connectivity index (χ2n) is 4.79. The summed E-state index contributed by atoms with van der Waals surface area (Å²) in [6.07, 6.45) is 2.64. The summed E-state index contributed by atoms with van der Waals surface area (Å²) >= 11 is 9.65. The molecule has 0 spiro atoms. The normalized spacial score (nSPS) is 16.5. The molecule has 2 nitrogen and oxygen atoms in total. The van der Waals surface area contributed by atoms with E-state index < -0.39 is 0 Å². The molecule has 0 amide bonds. The largest absolute Gasteiger partial charge is 0.329 e. The fourth-order valence-electron chi connectivity index (χ4n) is 2.25. The molecule has 18 heavy (non-hydrogen) atoms. The van der Waals surface area contributed by atoms with Crippen molar-refractivity contribution in [2.24, 2.45) is 11.7 Å². The van der Waals surface area contributed by atoms with Crippen LogP contribution in [0.4, 0.5) is 0 Å². The zero-order valence-electron chi connectivity index (χ0n) is 10.4. The van der Waals surface area contributed by atoms with Gasteiger partial charge in [-0.1, -0.05) is 33.6 Å². The highest BCUT2D eigenvalue weighted by Gasteiger charge is 2.32. The van der Waals surface area contributed by atoms with Crippen LogP contribution in [0.3, 0.4) is 0 Å². The van der Waals surface area contributed by atoms with Crippen molar-refractivity contribution >= 4 is 39.9 Å². The maximum atomic E-state index is 6.23. The highest BCUT2D eigenvalue weighted by molar-refractivity contribution is 9.10. The molecule has 1 aromatic rings. The van der Waals surface area contributed by atoms with E-state index in [1.165, 1.54) is 12.8 Å². The Bertz CT molecular complexity index is 397. The molecule has 1 aliphatic rings. The van der Waals surface area contributed by atoms with Crippen molar-refractivity contribution in [2.75, 3.05) is 13.6 Å². The Labute approximate surface area is 128 Å². The molecule has 0 radical (unpaired) electrons. The summed E-state index contributed by atoms with van der Waals surface area (Å²) in [5.41, 5.74) is 7.01. The highest BCUT2D eigenvalue weighted by atomic mass is 79.9. The van der Waals surface area contributed by atoms with Gasteiger partial charge in [0.15, 0.2) is 0 Å². The molecule has 1 saturated carbocycles. The van der Waals surface area contributed by atoms with Crippen molar-refractivity contribution in [1.29, 1.82) is 0 Å². The molecule has 2 rings (SSSR count). The molecule has 0 saturated heterocycles. The maximum Gasteiger partial charge on any atom is 0.0462 e. The van der Waals surface area contributed by atoms with Gasteiger partial charge in [-0.05, 0) is 43.5 Å². The Morgan fingerprint density at radius 3 is 2.67 bits per heavy atom. The van der Waals surface area contributed by atoms with Crippen LogP contribution in [0.1, 0.15) is 18.4 Å². The minimum Gasteiger partial charge on any atom is -0.329 e. The van der Waals surface area contributed by atoms with Crippen LogP contribution in [0.5, 0.6) is 0 Å². The molecular weight excluding hydrogens is 335 g/mol. The predicted molar refractivity (Wildman–Crippen MR) is 83.4 cm³/mol. The van der Waals surface area contributed by atoms with E-state index in [0.29, 0.717) is 6.04 Å². The van der Waals surface area contributed by atoms with E-state index in [4.69, 9.17) is 17.3 Å².